The molecule has 1 unspecified atom stereocenters. The Labute approximate surface area is 119 Å². The van der Waals surface area contributed by atoms with Gasteiger partial charge < -0.3 is 16.2 Å². The molecule has 20 heavy (non-hydrogen) atoms. The molecule has 5 heteroatoms. The first-order valence-electron chi connectivity index (χ1n) is 7.12. The molecule has 1 atom stereocenters. The lowest BCUT2D eigenvalue weighted by Gasteiger charge is -2.35. The molecule has 1 heterocycles. The van der Waals surface area contributed by atoms with Crippen molar-refractivity contribution in [2.45, 2.75) is 46.0 Å². The summed E-state index contributed by atoms with van der Waals surface area (Å²) in [6.45, 7) is 3.22. The number of ketones is 1. The molecule has 0 radical (unpaired) electrons. The van der Waals surface area contributed by atoms with Crippen LogP contribution in [0, 0.1) is 11.8 Å². The van der Waals surface area contributed by atoms with E-state index in [0.29, 0.717) is 11.3 Å². The van der Waals surface area contributed by atoms with Gasteiger partial charge in [0, 0.05) is 11.5 Å². The molecule has 0 bridgehead atoms. The second-order valence-electron chi connectivity index (χ2n) is 5.65. The Hall–Kier alpha value is -1.78. The Bertz CT molecular complexity index is 463. The molecule has 0 aromatic carbocycles. The first-order chi connectivity index (χ1) is 9.43. The van der Waals surface area contributed by atoms with E-state index in [4.69, 9.17) is 16.2 Å². The maximum atomic E-state index is 12.0. The summed E-state index contributed by atoms with van der Waals surface area (Å²) in [4.78, 5) is 23.7. The van der Waals surface area contributed by atoms with Crippen LogP contribution in [0.1, 0.15) is 46.0 Å². The minimum Gasteiger partial charge on any atom is -0.445 e. The molecule has 4 N–H and O–H groups in total. The standard InChI is InChI=1S/C15H22N2O3/c1-8(18)11-9(2)20-15(17)13(14(16)19)12(11)10-6-4-3-5-7-10/h10,12H,3-7,17H2,1-2H3,(H2,16,19). The van der Waals surface area contributed by atoms with Gasteiger partial charge in [0.25, 0.3) is 5.91 Å². The highest BCUT2D eigenvalue weighted by Crippen LogP contribution is 2.42. The summed E-state index contributed by atoms with van der Waals surface area (Å²) >= 11 is 0. The lowest BCUT2D eigenvalue weighted by molar-refractivity contribution is -0.116. The number of rotatable bonds is 3. The van der Waals surface area contributed by atoms with Gasteiger partial charge in [-0.05, 0) is 32.6 Å². The van der Waals surface area contributed by atoms with Crippen LogP contribution in [-0.2, 0) is 14.3 Å². The van der Waals surface area contributed by atoms with Crippen LogP contribution >= 0.6 is 0 Å². The third-order valence-electron chi connectivity index (χ3n) is 4.30. The maximum Gasteiger partial charge on any atom is 0.250 e. The van der Waals surface area contributed by atoms with Gasteiger partial charge in [0.15, 0.2) is 11.7 Å². The molecule has 0 aromatic rings. The molecule has 1 saturated carbocycles. The smallest absolute Gasteiger partial charge is 0.250 e. The predicted molar refractivity (Wildman–Crippen MR) is 74.9 cm³/mol. The lowest BCUT2D eigenvalue weighted by Crippen LogP contribution is -2.36. The van der Waals surface area contributed by atoms with Gasteiger partial charge in [0.2, 0.25) is 0 Å². The van der Waals surface area contributed by atoms with Crippen molar-refractivity contribution >= 4 is 11.7 Å². The van der Waals surface area contributed by atoms with E-state index in [2.05, 4.69) is 0 Å². The van der Waals surface area contributed by atoms with Crippen molar-refractivity contribution in [1.82, 2.24) is 0 Å². The number of allylic oxidation sites excluding steroid dienone is 2. The summed E-state index contributed by atoms with van der Waals surface area (Å²) in [6.07, 6.45) is 5.39. The average molecular weight is 278 g/mol. The first kappa shape index (κ1) is 14.6. The van der Waals surface area contributed by atoms with Crippen molar-refractivity contribution in [2.24, 2.45) is 23.3 Å². The van der Waals surface area contributed by atoms with Gasteiger partial charge >= 0.3 is 0 Å². The summed E-state index contributed by atoms with van der Waals surface area (Å²) in [5.41, 5.74) is 12.1. The van der Waals surface area contributed by atoms with Crippen LogP contribution in [0.15, 0.2) is 22.8 Å². The molecule has 1 aliphatic carbocycles. The number of amides is 1. The fourth-order valence-corrected chi connectivity index (χ4v) is 3.47. The van der Waals surface area contributed by atoms with E-state index in [1.54, 1.807) is 6.92 Å². The van der Waals surface area contributed by atoms with Gasteiger partial charge in [-0.15, -0.1) is 0 Å². The highest BCUT2D eigenvalue weighted by molar-refractivity contribution is 6.00. The topological polar surface area (TPSA) is 95.4 Å². The van der Waals surface area contributed by atoms with Gasteiger partial charge in [-0.1, -0.05) is 19.3 Å². The largest absolute Gasteiger partial charge is 0.445 e. The molecule has 1 aliphatic heterocycles. The third-order valence-corrected chi connectivity index (χ3v) is 4.30. The number of carbonyl (C=O) groups excluding carboxylic acids is 2. The predicted octanol–water partition coefficient (Wildman–Crippen LogP) is 1.73. The van der Waals surface area contributed by atoms with E-state index in [0.717, 1.165) is 25.7 Å². The molecule has 2 rings (SSSR count). The van der Waals surface area contributed by atoms with Crippen molar-refractivity contribution in [2.75, 3.05) is 0 Å². The van der Waals surface area contributed by atoms with Crippen molar-refractivity contribution < 1.29 is 14.3 Å². The average Bonchev–Trinajstić information content (AvgIpc) is 2.37. The van der Waals surface area contributed by atoms with E-state index in [1.807, 2.05) is 0 Å². The third kappa shape index (κ3) is 2.57. The lowest BCUT2D eigenvalue weighted by atomic mass is 9.71. The minimum absolute atomic E-state index is 0.0515. The second kappa shape index (κ2) is 5.69. The van der Waals surface area contributed by atoms with Crippen LogP contribution in [-0.4, -0.2) is 11.7 Å². The normalized spacial score (nSPS) is 24.6. The zero-order valence-corrected chi connectivity index (χ0v) is 12.1. The monoisotopic (exact) mass is 278 g/mol. The highest BCUT2D eigenvalue weighted by Gasteiger charge is 2.40. The maximum absolute atomic E-state index is 12.0. The van der Waals surface area contributed by atoms with E-state index >= 15 is 0 Å². The zero-order valence-electron chi connectivity index (χ0n) is 12.1. The summed E-state index contributed by atoms with van der Waals surface area (Å²) in [5, 5.41) is 0. The van der Waals surface area contributed by atoms with Crippen LogP contribution in [0.2, 0.25) is 0 Å². The second-order valence-corrected chi connectivity index (χ2v) is 5.65. The van der Waals surface area contributed by atoms with Gasteiger partial charge in [-0.3, -0.25) is 9.59 Å². The van der Waals surface area contributed by atoms with Crippen LogP contribution in [0.4, 0.5) is 0 Å². The van der Waals surface area contributed by atoms with E-state index < -0.39 is 5.91 Å². The Balaban J connectivity index is 2.48. The van der Waals surface area contributed by atoms with Crippen molar-refractivity contribution in [3.63, 3.8) is 0 Å². The SMILES string of the molecule is CC(=O)C1=C(C)OC(N)=C(C(N)=O)C1C1CCCCC1. The summed E-state index contributed by atoms with van der Waals surface area (Å²) in [6, 6.07) is 0. The number of ether oxygens (including phenoxy) is 1. The molecule has 1 fully saturated rings. The van der Waals surface area contributed by atoms with Crippen LogP contribution in [0.25, 0.3) is 0 Å². The molecule has 2 aliphatic rings. The summed E-state index contributed by atoms with van der Waals surface area (Å²) in [5.74, 6) is -0.193. The molecule has 1 amide bonds. The van der Waals surface area contributed by atoms with Crippen LogP contribution < -0.4 is 11.5 Å². The summed E-state index contributed by atoms with van der Waals surface area (Å²) in [7, 11) is 0. The first-order valence-corrected chi connectivity index (χ1v) is 7.12. The number of primary amides is 1. The Kier molecular flexibility index (Phi) is 4.16. The fourth-order valence-electron chi connectivity index (χ4n) is 3.47. The van der Waals surface area contributed by atoms with Gasteiger partial charge in [-0.2, -0.15) is 0 Å². The Morgan fingerprint density at radius 2 is 1.75 bits per heavy atom. The van der Waals surface area contributed by atoms with Crippen LogP contribution in [0.3, 0.4) is 0 Å². The zero-order chi connectivity index (χ0) is 14.9. The number of nitrogens with two attached hydrogens (primary N) is 2. The van der Waals surface area contributed by atoms with E-state index in [9.17, 15) is 9.59 Å². The van der Waals surface area contributed by atoms with Gasteiger partial charge in [0.1, 0.15) is 5.76 Å². The number of Topliss-reactive ketones (excluding diaryl/α,β-unsaturated/α-hetero) is 1. The fraction of sp³-hybridized carbons (Fsp3) is 0.600. The van der Waals surface area contributed by atoms with Crippen molar-refractivity contribution in [3.8, 4) is 0 Å². The summed E-state index contributed by atoms with van der Waals surface area (Å²) < 4.78 is 5.37. The number of hydrogen-bond donors (Lipinski definition) is 2. The van der Waals surface area contributed by atoms with Crippen molar-refractivity contribution in [3.05, 3.63) is 22.8 Å². The molecular formula is C15H22N2O3. The molecular weight excluding hydrogens is 256 g/mol. The Morgan fingerprint density at radius 1 is 1.15 bits per heavy atom. The van der Waals surface area contributed by atoms with E-state index in [-0.39, 0.29) is 29.1 Å². The number of hydrogen-bond acceptors (Lipinski definition) is 4. The highest BCUT2D eigenvalue weighted by atomic mass is 16.5. The van der Waals surface area contributed by atoms with Gasteiger partial charge in [-0.25, -0.2) is 0 Å². The Morgan fingerprint density at radius 3 is 2.25 bits per heavy atom. The van der Waals surface area contributed by atoms with Crippen molar-refractivity contribution in [1.29, 1.82) is 0 Å². The molecule has 110 valence electrons. The molecule has 0 spiro atoms. The molecule has 0 saturated heterocycles. The molecule has 0 aromatic heterocycles. The number of carbonyl (C=O) groups is 2. The quantitative estimate of drug-likeness (QED) is 0.821. The molecule has 5 nitrogen and oxygen atoms in total. The van der Waals surface area contributed by atoms with E-state index in [1.165, 1.54) is 13.3 Å². The van der Waals surface area contributed by atoms with Gasteiger partial charge in [0.05, 0.1) is 5.57 Å². The van der Waals surface area contributed by atoms with Crippen LogP contribution in [0.5, 0.6) is 0 Å². The minimum atomic E-state index is -0.593.